The summed E-state index contributed by atoms with van der Waals surface area (Å²) in [5.41, 5.74) is 2.38. The summed E-state index contributed by atoms with van der Waals surface area (Å²) < 4.78 is 5.14. The van der Waals surface area contributed by atoms with E-state index in [1.807, 2.05) is 24.3 Å². The zero-order chi connectivity index (χ0) is 9.26. The van der Waals surface area contributed by atoms with E-state index >= 15 is 0 Å². The molecule has 1 aliphatic rings. The lowest BCUT2D eigenvalue weighted by molar-refractivity contribution is 0.414. The van der Waals surface area contributed by atoms with Crippen molar-refractivity contribution >= 4 is 11.6 Å². The van der Waals surface area contributed by atoms with Crippen LogP contribution in [-0.2, 0) is 6.42 Å². The quantitative estimate of drug-likeness (QED) is 0.624. The van der Waals surface area contributed by atoms with Crippen LogP contribution < -0.4 is 4.74 Å². The lowest BCUT2D eigenvalue weighted by Crippen LogP contribution is -2.00. The zero-order valence-corrected chi connectivity index (χ0v) is 8.14. The third-order valence-corrected chi connectivity index (χ3v) is 2.57. The van der Waals surface area contributed by atoms with Gasteiger partial charge >= 0.3 is 0 Å². The largest absolute Gasteiger partial charge is 0.497 e. The van der Waals surface area contributed by atoms with Gasteiger partial charge in [0.25, 0.3) is 0 Å². The van der Waals surface area contributed by atoms with E-state index in [1.54, 1.807) is 7.11 Å². The van der Waals surface area contributed by atoms with Gasteiger partial charge in [-0.1, -0.05) is 12.1 Å². The molecule has 0 amide bonds. The molecule has 0 N–H and O–H groups in total. The molecule has 0 fully saturated rings. The monoisotopic (exact) mass is 193 g/mol. The molecule has 1 atom stereocenters. The number of halogens is 1. The second-order valence-electron chi connectivity index (χ2n) is 3.00. The lowest BCUT2D eigenvalue weighted by atomic mass is 9.96. The molecule has 13 heavy (non-hydrogen) atoms. The molecule has 0 spiro atoms. The summed E-state index contributed by atoms with van der Waals surface area (Å²) in [4.78, 5) is 0. The van der Waals surface area contributed by atoms with Crippen LogP contribution in [0.2, 0.25) is 0 Å². The van der Waals surface area contributed by atoms with Gasteiger partial charge in [-0.2, -0.15) is 0 Å². The molecule has 1 aromatic carbocycles. The molecule has 0 bridgehead atoms. The first-order chi connectivity index (χ1) is 6.31. The highest BCUT2D eigenvalue weighted by Gasteiger charge is 2.13. The number of ether oxygens (including phenoxy) is 1. The van der Waals surface area contributed by atoms with Gasteiger partial charge in [0, 0.05) is 0 Å². The molecule has 1 nitrogen and oxygen atoms in total. The minimum Gasteiger partial charge on any atom is -0.497 e. The van der Waals surface area contributed by atoms with Crippen LogP contribution in [0.25, 0.3) is 0 Å². The average Bonchev–Trinajstić information content (AvgIpc) is 2.18. The van der Waals surface area contributed by atoms with E-state index in [4.69, 9.17) is 16.3 Å². The maximum atomic E-state index is 6.06. The highest BCUT2D eigenvalue weighted by atomic mass is 35.5. The van der Waals surface area contributed by atoms with Crippen molar-refractivity contribution in [1.29, 1.82) is 0 Å². The van der Waals surface area contributed by atoms with E-state index in [0.717, 1.165) is 17.7 Å². The van der Waals surface area contributed by atoms with Gasteiger partial charge in [-0.15, -0.1) is 11.6 Å². The third-order valence-electron chi connectivity index (χ3n) is 2.21. The van der Waals surface area contributed by atoms with Crippen LogP contribution in [0.1, 0.15) is 16.5 Å². The van der Waals surface area contributed by atoms with Crippen molar-refractivity contribution in [2.24, 2.45) is 0 Å². The molecule has 1 unspecified atom stereocenters. The Morgan fingerprint density at radius 1 is 1.54 bits per heavy atom. The Bertz CT molecular complexity index is 344. The molecule has 1 aliphatic carbocycles. The summed E-state index contributed by atoms with van der Waals surface area (Å²) in [5.74, 6) is 0.887. The number of allylic oxidation sites excluding steroid dienone is 2. The highest BCUT2D eigenvalue weighted by molar-refractivity contribution is 6.21. The van der Waals surface area contributed by atoms with Crippen LogP contribution in [0.3, 0.4) is 0 Å². The van der Waals surface area contributed by atoms with Gasteiger partial charge in [0.05, 0.1) is 12.5 Å². The third kappa shape index (κ3) is 1.56. The van der Waals surface area contributed by atoms with Crippen molar-refractivity contribution in [1.82, 2.24) is 0 Å². The minimum absolute atomic E-state index is 0.102. The predicted molar refractivity (Wildman–Crippen MR) is 53.1 cm³/mol. The van der Waals surface area contributed by atoms with E-state index in [2.05, 4.69) is 6.08 Å². The fraction of sp³-hybridized carbons (Fsp3) is 0.273. The van der Waals surface area contributed by atoms with Crippen molar-refractivity contribution in [2.45, 2.75) is 11.8 Å². The maximum Gasteiger partial charge on any atom is 0.119 e. The average molecular weight is 194 g/mol. The summed E-state index contributed by atoms with van der Waals surface area (Å²) in [7, 11) is 1.67. The fourth-order valence-corrected chi connectivity index (χ4v) is 1.80. The molecule has 67 valence electrons. The zero-order valence-electron chi connectivity index (χ0n) is 7.38. The van der Waals surface area contributed by atoms with E-state index in [9.17, 15) is 0 Å². The Morgan fingerprint density at radius 3 is 3.15 bits per heavy atom. The topological polar surface area (TPSA) is 9.23 Å². The van der Waals surface area contributed by atoms with Crippen LogP contribution in [0, 0.1) is 6.08 Å². The fourth-order valence-electron chi connectivity index (χ4n) is 1.50. The number of methoxy groups -OCH3 is 1. The van der Waals surface area contributed by atoms with E-state index in [1.165, 1.54) is 5.56 Å². The van der Waals surface area contributed by atoms with Gasteiger partial charge in [0.1, 0.15) is 5.75 Å². The van der Waals surface area contributed by atoms with Crippen molar-refractivity contribution in [2.75, 3.05) is 7.11 Å². The van der Waals surface area contributed by atoms with Gasteiger partial charge in [0.15, 0.2) is 0 Å². The molecule has 0 saturated carbocycles. The smallest absolute Gasteiger partial charge is 0.119 e. The first kappa shape index (κ1) is 8.64. The maximum absolute atomic E-state index is 6.06. The number of benzene rings is 1. The molecule has 1 radical (unpaired) electrons. The molecule has 0 aliphatic heterocycles. The van der Waals surface area contributed by atoms with Crippen molar-refractivity contribution < 1.29 is 4.74 Å². The second-order valence-corrected chi connectivity index (χ2v) is 3.44. The standard InChI is InChI=1S/C11H10ClO/c1-13-9-5-6-10-8(7-9)3-2-4-11(10)12/h2,5-7,11H,3H2,1H3. The minimum atomic E-state index is -0.102. The number of hydrogen-bond acceptors (Lipinski definition) is 1. The van der Waals surface area contributed by atoms with E-state index in [0.29, 0.717) is 0 Å². The number of rotatable bonds is 1. The van der Waals surface area contributed by atoms with Crippen LogP contribution in [0.4, 0.5) is 0 Å². The van der Waals surface area contributed by atoms with Crippen LogP contribution >= 0.6 is 11.6 Å². The second kappa shape index (κ2) is 3.43. The van der Waals surface area contributed by atoms with Gasteiger partial charge < -0.3 is 4.74 Å². The summed E-state index contributed by atoms with van der Waals surface area (Å²) in [6, 6.07) is 5.97. The normalized spacial score (nSPS) is 19.7. The van der Waals surface area contributed by atoms with Crippen LogP contribution in [-0.4, -0.2) is 7.11 Å². The van der Waals surface area contributed by atoms with Gasteiger partial charge in [0.2, 0.25) is 0 Å². The van der Waals surface area contributed by atoms with Crippen molar-refractivity contribution in [3.63, 3.8) is 0 Å². The highest BCUT2D eigenvalue weighted by Crippen LogP contribution is 2.31. The summed E-state index contributed by atoms with van der Waals surface area (Å²) in [5, 5.41) is -0.102. The summed E-state index contributed by atoms with van der Waals surface area (Å²) in [6.45, 7) is 0. The molecular formula is C11H10ClO. The summed E-state index contributed by atoms with van der Waals surface area (Å²) in [6.07, 6.45) is 5.95. The first-order valence-electron chi connectivity index (χ1n) is 4.20. The van der Waals surface area contributed by atoms with Gasteiger partial charge in [-0.3, -0.25) is 0 Å². The van der Waals surface area contributed by atoms with Crippen LogP contribution in [0.5, 0.6) is 5.75 Å². The Morgan fingerprint density at radius 2 is 2.38 bits per heavy atom. The SMILES string of the molecule is COc1ccc2c(c1)CC=[C]C2Cl. The molecule has 0 aromatic heterocycles. The molecule has 2 rings (SSSR count). The molecule has 2 heteroatoms. The Kier molecular flexibility index (Phi) is 2.28. The Hall–Kier alpha value is -0.950. The summed E-state index contributed by atoms with van der Waals surface area (Å²) >= 11 is 6.06. The predicted octanol–water partition coefficient (Wildman–Crippen LogP) is 2.89. The molecule has 1 aromatic rings. The first-order valence-corrected chi connectivity index (χ1v) is 4.63. The Labute approximate surface area is 83.0 Å². The van der Waals surface area contributed by atoms with Crippen molar-refractivity contribution in [3.05, 3.63) is 41.5 Å². The molecule has 0 heterocycles. The van der Waals surface area contributed by atoms with Crippen molar-refractivity contribution in [3.8, 4) is 5.75 Å². The molecular weight excluding hydrogens is 184 g/mol. The van der Waals surface area contributed by atoms with E-state index < -0.39 is 0 Å². The van der Waals surface area contributed by atoms with Gasteiger partial charge in [-0.05, 0) is 35.8 Å². The van der Waals surface area contributed by atoms with E-state index in [-0.39, 0.29) is 5.38 Å². The van der Waals surface area contributed by atoms with Gasteiger partial charge in [-0.25, -0.2) is 0 Å². The van der Waals surface area contributed by atoms with Crippen LogP contribution in [0.15, 0.2) is 24.3 Å². The number of alkyl halides is 1. The Balaban J connectivity index is 2.43. The number of hydrogen-bond donors (Lipinski definition) is 0. The number of fused-ring (bicyclic) bond motifs is 1. The lowest BCUT2D eigenvalue weighted by Gasteiger charge is -2.15. The molecule has 0 saturated heterocycles.